The van der Waals surface area contributed by atoms with Crippen molar-refractivity contribution in [2.24, 2.45) is 0 Å². The SMILES string of the molecule is O=c1c2ccc(-c3ccccc3)c3cccc(c32)c2nc3cc(-c4ccccc4)c(-c4ccccc4)c(-c4ccccc4)c3n12. The molecule has 0 saturated carbocycles. The monoisotopic (exact) mass is 574 g/mol. The molecule has 0 aliphatic heterocycles. The van der Waals surface area contributed by atoms with Crippen LogP contribution in [0.1, 0.15) is 0 Å². The van der Waals surface area contributed by atoms with Gasteiger partial charge in [0.15, 0.2) is 0 Å². The summed E-state index contributed by atoms with van der Waals surface area (Å²) in [5, 5.41) is 3.68. The number of pyridine rings is 1. The molecule has 9 aromatic rings. The number of hydrogen-bond donors (Lipinski definition) is 0. The van der Waals surface area contributed by atoms with E-state index in [1.165, 1.54) is 0 Å². The Hall–Kier alpha value is -6.06. The standard InChI is InChI=1S/C42H26N2O/c45-42-34-25-24-31(27-14-5-1-6-15-27)32-22-13-23-33(39(32)34)41-43-36-26-35(28-16-7-2-8-17-28)37(29-18-9-3-10-19-29)38(40(36)44(41)42)30-20-11-4-12-21-30/h1-26H. The second-order valence-corrected chi connectivity index (χ2v) is 11.5. The Bertz CT molecular complexity index is 2570. The van der Waals surface area contributed by atoms with Crippen LogP contribution in [-0.4, -0.2) is 9.38 Å². The summed E-state index contributed by atoms with van der Waals surface area (Å²) in [4.78, 5) is 20.0. The van der Waals surface area contributed by atoms with Crippen LogP contribution >= 0.6 is 0 Å². The van der Waals surface area contributed by atoms with Crippen molar-refractivity contribution in [2.45, 2.75) is 0 Å². The molecular weight excluding hydrogens is 548 g/mol. The zero-order valence-corrected chi connectivity index (χ0v) is 24.3. The summed E-state index contributed by atoms with van der Waals surface area (Å²) >= 11 is 0. The van der Waals surface area contributed by atoms with Gasteiger partial charge in [0.25, 0.3) is 5.56 Å². The zero-order chi connectivity index (χ0) is 29.9. The molecule has 0 spiro atoms. The lowest BCUT2D eigenvalue weighted by Gasteiger charge is -2.18. The van der Waals surface area contributed by atoms with Gasteiger partial charge < -0.3 is 0 Å². The number of aromatic nitrogens is 2. The van der Waals surface area contributed by atoms with Gasteiger partial charge >= 0.3 is 0 Å². The average Bonchev–Trinajstić information content (AvgIpc) is 3.51. The summed E-state index contributed by atoms with van der Waals surface area (Å²) in [7, 11) is 0. The topological polar surface area (TPSA) is 34.4 Å². The first-order chi connectivity index (χ1) is 22.3. The van der Waals surface area contributed by atoms with Crippen molar-refractivity contribution < 1.29 is 0 Å². The van der Waals surface area contributed by atoms with Crippen LogP contribution in [0, 0.1) is 0 Å². The van der Waals surface area contributed by atoms with Crippen molar-refractivity contribution in [1.82, 2.24) is 9.38 Å². The quantitative estimate of drug-likeness (QED) is 0.210. The molecule has 0 radical (unpaired) electrons. The number of fused-ring (bicyclic) bond motifs is 4. The van der Waals surface area contributed by atoms with Crippen molar-refractivity contribution in [3.8, 4) is 44.5 Å². The maximum absolute atomic E-state index is 14.7. The maximum atomic E-state index is 14.7. The molecule has 0 saturated heterocycles. The molecule has 0 atom stereocenters. The minimum Gasteiger partial charge on any atom is -0.268 e. The van der Waals surface area contributed by atoms with E-state index in [0.29, 0.717) is 11.0 Å². The van der Waals surface area contributed by atoms with Crippen molar-refractivity contribution in [1.29, 1.82) is 0 Å². The van der Waals surface area contributed by atoms with Crippen LogP contribution in [-0.2, 0) is 0 Å². The third-order valence-corrected chi connectivity index (χ3v) is 8.95. The molecule has 3 nitrogen and oxygen atoms in total. The highest BCUT2D eigenvalue weighted by Gasteiger charge is 2.24. The Kier molecular flexibility index (Phi) is 5.66. The summed E-state index contributed by atoms with van der Waals surface area (Å²) in [5.74, 6) is 0. The normalized spacial score (nSPS) is 11.6. The van der Waals surface area contributed by atoms with Gasteiger partial charge in [0, 0.05) is 21.7 Å². The van der Waals surface area contributed by atoms with E-state index in [1.807, 2.05) is 34.7 Å². The highest BCUT2D eigenvalue weighted by Crippen LogP contribution is 2.45. The number of imidazole rings is 1. The van der Waals surface area contributed by atoms with Gasteiger partial charge in [-0.3, -0.25) is 9.20 Å². The summed E-state index contributed by atoms with van der Waals surface area (Å²) in [6.07, 6.45) is 0. The van der Waals surface area contributed by atoms with E-state index in [-0.39, 0.29) is 5.56 Å². The molecule has 3 heteroatoms. The van der Waals surface area contributed by atoms with E-state index in [9.17, 15) is 4.79 Å². The van der Waals surface area contributed by atoms with Gasteiger partial charge in [-0.05, 0) is 56.5 Å². The largest absolute Gasteiger partial charge is 0.268 e. The van der Waals surface area contributed by atoms with Crippen LogP contribution < -0.4 is 5.56 Å². The van der Waals surface area contributed by atoms with E-state index in [0.717, 1.165) is 71.7 Å². The molecule has 0 bridgehead atoms. The lowest BCUT2D eigenvalue weighted by Crippen LogP contribution is -2.14. The Morgan fingerprint density at radius 3 is 1.60 bits per heavy atom. The first-order valence-electron chi connectivity index (χ1n) is 15.2. The van der Waals surface area contributed by atoms with Crippen molar-refractivity contribution >= 4 is 38.2 Å². The molecule has 0 aliphatic carbocycles. The Labute approximate surface area is 259 Å². The zero-order valence-electron chi connectivity index (χ0n) is 24.3. The van der Waals surface area contributed by atoms with Crippen molar-refractivity contribution in [3.63, 3.8) is 0 Å². The van der Waals surface area contributed by atoms with E-state index < -0.39 is 0 Å². The Balaban J connectivity index is 1.50. The van der Waals surface area contributed by atoms with Gasteiger partial charge in [-0.15, -0.1) is 0 Å². The van der Waals surface area contributed by atoms with Crippen LogP contribution in [0.3, 0.4) is 0 Å². The minimum absolute atomic E-state index is 0.0561. The van der Waals surface area contributed by atoms with Crippen molar-refractivity contribution in [2.75, 3.05) is 0 Å². The first-order valence-corrected chi connectivity index (χ1v) is 15.2. The van der Waals surface area contributed by atoms with Gasteiger partial charge in [-0.2, -0.15) is 0 Å². The molecule has 210 valence electrons. The lowest BCUT2D eigenvalue weighted by molar-refractivity contribution is 1.19. The molecule has 0 N–H and O–H groups in total. The Morgan fingerprint density at radius 2 is 0.978 bits per heavy atom. The fourth-order valence-electron chi connectivity index (χ4n) is 7.02. The summed E-state index contributed by atoms with van der Waals surface area (Å²) < 4.78 is 1.86. The molecule has 0 fully saturated rings. The molecule has 0 amide bonds. The Morgan fingerprint density at radius 1 is 0.444 bits per heavy atom. The lowest BCUT2D eigenvalue weighted by atomic mass is 9.86. The molecule has 7 aromatic carbocycles. The third kappa shape index (κ3) is 3.84. The van der Waals surface area contributed by atoms with Gasteiger partial charge in [0.2, 0.25) is 0 Å². The minimum atomic E-state index is -0.0561. The fraction of sp³-hybridized carbons (Fsp3) is 0. The summed E-state index contributed by atoms with van der Waals surface area (Å²) in [5.41, 5.74) is 10.9. The van der Waals surface area contributed by atoms with Crippen LogP contribution in [0.15, 0.2) is 163 Å². The second-order valence-electron chi connectivity index (χ2n) is 11.5. The van der Waals surface area contributed by atoms with E-state index in [4.69, 9.17) is 4.98 Å². The smallest absolute Gasteiger partial charge is 0.264 e. The number of nitrogens with zero attached hydrogens (tertiary/aromatic N) is 2. The molecule has 45 heavy (non-hydrogen) atoms. The van der Waals surface area contributed by atoms with Crippen LogP contribution in [0.4, 0.5) is 0 Å². The molecular formula is C42H26N2O. The second kappa shape index (κ2) is 10.0. The molecule has 0 aliphatic rings. The molecule has 2 aromatic heterocycles. The number of rotatable bonds is 4. The summed E-state index contributed by atoms with van der Waals surface area (Å²) in [6, 6.07) is 54.2. The summed E-state index contributed by atoms with van der Waals surface area (Å²) in [6.45, 7) is 0. The van der Waals surface area contributed by atoms with E-state index >= 15 is 0 Å². The van der Waals surface area contributed by atoms with Crippen LogP contribution in [0.5, 0.6) is 0 Å². The van der Waals surface area contributed by atoms with Crippen molar-refractivity contribution in [3.05, 3.63) is 168 Å². The van der Waals surface area contributed by atoms with Gasteiger partial charge in [-0.1, -0.05) is 146 Å². The number of hydrogen-bond acceptors (Lipinski definition) is 2. The van der Waals surface area contributed by atoms with Gasteiger partial charge in [0.05, 0.1) is 11.0 Å². The fourth-order valence-corrected chi connectivity index (χ4v) is 7.02. The first kappa shape index (κ1) is 25.4. The van der Waals surface area contributed by atoms with E-state index in [1.54, 1.807) is 0 Å². The molecule has 0 unspecified atom stereocenters. The highest BCUT2D eigenvalue weighted by atomic mass is 16.1. The van der Waals surface area contributed by atoms with Gasteiger partial charge in [0.1, 0.15) is 5.65 Å². The average molecular weight is 575 g/mol. The predicted molar refractivity (Wildman–Crippen MR) is 187 cm³/mol. The highest BCUT2D eigenvalue weighted by molar-refractivity contribution is 6.20. The third-order valence-electron chi connectivity index (χ3n) is 8.95. The van der Waals surface area contributed by atoms with Gasteiger partial charge in [-0.25, -0.2) is 4.98 Å². The number of benzene rings is 7. The van der Waals surface area contributed by atoms with Crippen LogP contribution in [0.2, 0.25) is 0 Å². The maximum Gasteiger partial charge on any atom is 0.264 e. The predicted octanol–water partition coefficient (Wildman–Crippen LogP) is 10.3. The van der Waals surface area contributed by atoms with E-state index in [2.05, 4.69) is 127 Å². The van der Waals surface area contributed by atoms with Crippen LogP contribution in [0.25, 0.3) is 82.7 Å². The molecule has 9 rings (SSSR count). The molecule has 2 heterocycles.